The van der Waals surface area contributed by atoms with Crippen molar-refractivity contribution in [2.24, 2.45) is 5.73 Å². The molecule has 5 heteroatoms. The molecule has 2 aromatic rings. The summed E-state index contributed by atoms with van der Waals surface area (Å²) in [5.74, 6) is -0.406. The highest BCUT2D eigenvalue weighted by molar-refractivity contribution is 5.94. The van der Waals surface area contributed by atoms with Gasteiger partial charge in [-0.2, -0.15) is 0 Å². The lowest BCUT2D eigenvalue weighted by molar-refractivity contribution is -0.118. The number of pyridine rings is 1. The molecule has 19 heavy (non-hydrogen) atoms. The minimum absolute atomic E-state index is 0.375. The number of hydrogen-bond acceptors (Lipinski definition) is 4. The number of rotatable bonds is 4. The van der Waals surface area contributed by atoms with Crippen LogP contribution >= 0.6 is 0 Å². The van der Waals surface area contributed by atoms with E-state index >= 15 is 0 Å². The molecule has 0 saturated heterocycles. The van der Waals surface area contributed by atoms with Gasteiger partial charge < -0.3 is 16.2 Å². The predicted molar refractivity (Wildman–Crippen MR) is 73.4 cm³/mol. The van der Waals surface area contributed by atoms with Gasteiger partial charge in [-0.05, 0) is 29.3 Å². The van der Waals surface area contributed by atoms with Crippen LogP contribution in [0.1, 0.15) is 0 Å². The summed E-state index contributed by atoms with van der Waals surface area (Å²) in [6, 6.07) is 10.3. The Balaban J connectivity index is 2.09. The van der Waals surface area contributed by atoms with Crippen molar-refractivity contribution in [3.05, 3.63) is 48.8 Å². The van der Waals surface area contributed by atoms with Crippen LogP contribution in [0.15, 0.2) is 48.8 Å². The lowest BCUT2D eigenvalue weighted by Crippen LogP contribution is -2.38. The van der Waals surface area contributed by atoms with Crippen molar-refractivity contribution >= 4 is 11.6 Å². The van der Waals surface area contributed by atoms with Gasteiger partial charge >= 0.3 is 0 Å². The highest BCUT2D eigenvalue weighted by Crippen LogP contribution is 2.20. The predicted octanol–water partition coefficient (Wildman–Crippen LogP) is 1.01. The van der Waals surface area contributed by atoms with E-state index in [1.807, 2.05) is 24.3 Å². The van der Waals surface area contributed by atoms with Crippen LogP contribution in [0.4, 0.5) is 5.69 Å². The molecule has 0 aliphatic rings. The van der Waals surface area contributed by atoms with Crippen LogP contribution < -0.4 is 11.1 Å². The minimum Gasteiger partial charge on any atom is -0.394 e. The van der Waals surface area contributed by atoms with Crippen molar-refractivity contribution in [3.8, 4) is 11.1 Å². The van der Waals surface area contributed by atoms with E-state index in [1.54, 1.807) is 24.5 Å². The number of aromatic nitrogens is 1. The molecule has 1 heterocycles. The first kappa shape index (κ1) is 13.2. The first-order valence-electron chi connectivity index (χ1n) is 5.88. The number of aliphatic hydroxyl groups is 1. The van der Waals surface area contributed by atoms with Crippen molar-refractivity contribution in [1.29, 1.82) is 0 Å². The van der Waals surface area contributed by atoms with E-state index < -0.39 is 11.9 Å². The van der Waals surface area contributed by atoms with Gasteiger partial charge in [-0.25, -0.2) is 0 Å². The number of nitrogens with one attached hydrogen (secondary N) is 1. The van der Waals surface area contributed by atoms with E-state index in [4.69, 9.17) is 10.8 Å². The molecule has 2 rings (SSSR count). The van der Waals surface area contributed by atoms with E-state index in [9.17, 15) is 4.79 Å². The normalized spacial score (nSPS) is 11.9. The number of amides is 1. The number of anilines is 1. The van der Waals surface area contributed by atoms with Crippen LogP contribution in [0.2, 0.25) is 0 Å². The fourth-order valence-electron chi connectivity index (χ4n) is 1.60. The topological polar surface area (TPSA) is 88.2 Å². The molecule has 5 nitrogen and oxygen atoms in total. The Labute approximate surface area is 111 Å². The van der Waals surface area contributed by atoms with Crippen molar-refractivity contribution in [2.45, 2.75) is 6.04 Å². The molecular formula is C14H15N3O2. The van der Waals surface area contributed by atoms with Crippen LogP contribution in [-0.4, -0.2) is 28.6 Å². The Bertz CT molecular complexity index is 540. The van der Waals surface area contributed by atoms with E-state index in [0.29, 0.717) is 5.69 Å². The molecule has 0 aliphatic carbocycles. The van der Waals surface area contributed by atoms with Crippen LogP contribution in [0.25, 0.3) is 11.1 Å². The Kier molecular flexibility index (Phi) is 4.22. The van der Waals surface area contributed by atoms with Gasteiger partial charge in [0.25, 0.3) is 0 Å². The zero-order chi connectivity index (χ0) is 13.7. The van der Waals surface area contributed by atoms with Gasteiger partial charge in [-0.15, -0.1) is 0 Å². The van der Waals surface area contributed by atoms with Crippen LogP contribution in [-0.2, 0) is 4.79 Å². The molecule has 1 aromatic heterocycles. The Morgan fingerprint density at radius 1 is 1.26 bits per heavy atom. The van der Waals surface area contributed by atoms with Crippen molar-refractivity contribution in [3.63, 3.8) is 0 Å². The standard InChI is InChI=1S/C14H15N3O2/c15-13(9-18)14(19)17-12-5-3-10(4-6-12)11-2-1-7-16-8-11/h1-8,13,18H,9,15H2,(H,17,19). The van der Waals surface area contributed by atoms with Gasteiger partial charge in [0, 0.05) is 18.1 Å². The van der Waals surface area contributed by atoms with Crippen molar-refractivity contribution in [2.75, 3.05) is 11.9 Å². The fraction of sp³-hybridized carbons (Fsp3) is 0.143. The number of benzene rings is 1. The highest BCUT2D eigenvalue weighted by atomic mass is 16.3. The number of hydrogen-bond donors (Lipinski definition) is 3. The molecule has 1 atom stereocenters. The number of carbonyl (C=O) groups excluding carboxylic acids is 1. The summed E-state index contributed by atoms with van der Waals surface area (Å²) >= 11 is 0. The largest absolute Gasteiger partial charge is 0.394 e. The Morgan fingerprint density at radius 2 is 2.00 bits per heavy atom. The minimum atomic E-state index is -0.905. The summed E-state index contributed by atoms with van der Waals surface area (Å²) < 4.78 is 0. The average molecular weight is 257 g/mol. The second kappa shape index (κ2) is 6.08. The SMILES string of the molecule is NC(CO)C(=O)Nc1ccc(-c2cccnc2)cc1. The lowest BCUT2D eigenvalue weighted by atomic mass is 10.1. The Hall–Kier alpha value is -2.24. The average Bonchev–Trinajstić information content (AvgIpc) is 2.48. The molecule has 0 radical (unpaired) electrons. The first-order chi connectivity index (χ1) is 9.20. The number of aliphatic hydroxyl groups excluding tert-OH is 1. The van der Waals surface area contributed by atoms with E-state index in [2.05, 4.69) is 10.3 Å². The smallest absolute Gasteiger partial charge is 0.243 e. The molecular weight excluding hydrogens is 242 g/mol. The molecule has 1 aromatic carbocycles. The molecule has 1 amide bonds. The monoisotopic (exact) mass is 257 g/mol. The van der Waals surface area contributed by atoms with E-state index in [1.165, 1.54) is 0 Å². The second-order valence-electron chi connectivity index (χ2n) is 4.10. The third kappa shape index (κ3) is 3.37. The van der Waals surface area contributed by atoms with Gasteiger partial charge in [0.2, 0.25) is 5.91 Å². The third-order valence-corrected chi connectivity index (χ3v) is 2.68. The highest BCUT2D eigenvalue weighted by Gasteiger charge is 2.11. The molecule has 0 fully saturated rings. The van der Waals surface area contributed by atoms with E-state index in [-0.39, 0.29) is 6.61 Å². The molecule has 0 aliphatic heterocycles. The first-order valence-corrected chi connectivity index (χ1v) is 5.88. The van der Waals surface area contributed by atoms with Crippen molar-refractivity contribution < 1.29 is 9.90 Å². The van der Waals surface area contributed by atoms with Crippen LogP contribution in [0, 0.1) is 0 Å². The molecule has 0 saturated carbocycles. The summed E-state index contributed by atoms with van der Waals surface area (Å²) in [6.45, 7) is -0.375. The van der Waals surface area contributed by atoms with E-state index in [0.717, 1.165) is 11.1 Å². The van der Waals surface area contributed by atoms with Gasteiger partial charge in [-0.3, -0.25) is 9.78 Å². The summed E-state index contributed by atoms with van der Waals surface area (Å²) in [5, 5.41) is 11.4. The second-order valence-corrected chi connectivity index (χ2v) is 4.10. The zero-order valence-electron chi connectivity index (χ0n) is 10.3. The quantitative estimate of drug-likeness (QED) is 0.762. The number of nitrogens with zero attached hydrogens (tertiary/aromatic N) is 1. The van der Waals surface area contributed by atoms with Crippen LogP contribution in [0.3, 0.4) is 0 Å². The van der Waals surface area contributed by atoms with Crippen LogP contribution in [0.5, 0.6) is 0 Å². The summed E-state index contributed by atoms with van der Waals surface area (Å²) in [6.07, 6.45) is 3.49. The maximum Gasteiger partial charge on any atom is 0.243 e. The zero-order valence-corrected chi connectivity index (χ0v) is 10.3. The van der Waals surface area contributed by atoms with Gasteiger partial charge in [0.05, 0.1) is 6.61 Å². The van der Waals surface area contributed by atoms with Gasteiger partial charge in [-0.1, -0.05) is 18.2 Å². The summed E-state index contributed by atoms with van der Waals surface area (Å²) in [7, 11) is 0. The summed E-state index contributed by atoms with van der Waals surface area (Å²) in [5.41, 5.74) is 8.07. The summed E-state index contributed by atoms with van der Waals surface area (Å²) in [4.78, 5) is 15.5. The Morgan fingerprint density at radius 3 is 2.58 bits per heavy atom. The maximum absolute atomic E-state index is 11.5. The molecule has 0 bridgehead atoms. The fourth-order valence-corrected chi connectivity index (χ4v) is 1.60. The number of nitrogens with two attached hydrogens (primary N) is 1. The molecule has 98 valence electrons. The number of carbonyl (C=O) groups is 1. The van der Waals surface area contributed by atoms with Gasteiger partial charge in [0.15, 0.2) is 0 Å². The maximum atomic E-state index is 11.5. The lowest BCUT2D eigenvalue weighted by Gasteiger charge is -2.10. The molecule has 4 N–H and O–H groups in total. The van der Waals surface area contributed by atoms with Gasteiger partial charge in [0.1, 0.15) is 6.04 Å². The third-order valence-electron chi connectivity index (χ3n) is 2.68. The molecule has 0 spiro atoms. The van der Waals surface area contributed by atoms with Crippen molar-refractivity contribution in [1.82, 2.24) is 4.98 Å². The molecule has 1 unspecified atom stereocenters.